The molecule has 1 fully saturated rings. The van der Waals surface area contributed by atoms with Gasteiger partial charge in [0.05, 0.1) is 6.20 Å². The molecule has 1 aliphatic rings. The highest BCUT2D eigenvalue weighted by Gasteiger charge is 2.27. The van der Waals surface area contributed by atoms with Crippen LogP contribution in [0, 0.1) is 11.8 Å². The van der Waals surface area contributed by atoms with E-state index in [0.29, 0.717) is 16.9 Å². The van der Waals surface area contributed by atoms with E-state index in [1.54, 1.807) is 6.20 Å². The van der Waals surface area contributed by atoms with Gasteiger partial charge in [0.1, 0.15) is 5.02 Å². The van der Waals surface area contributed by atoms with E-state index < -0.39 is 0 Å². The maximum absolute atomic E-state index is 6.17. The lowest BCUT2D eigenvalue weighted by molar-refractivity contribution is 0.422. The Morgan fingerprint density at radius 2 is 2.29 bits per heavy atom. The van der Waals surface area contributed by atoms with Gasteiger partial charge in [0.2, 0.25) is 5.95 Å². The smallest absolute Gasteiger partial charge is 0.224 e. The number of hydrogen-bond acceptors (Lipinski definition) is 4. The third-order valence-electron chi connectivity index (χ3n) is 3.42. The van der Waals surface area contributed by atoms with Crippen LogP contribution in [0.3, 0.4) is 0 Å². The van der Waals surface area contributed by atoms with Crippen LogP contribution in [0.15, 0.2) is 6.20 Å². The lowest BCUT2D eigenvalue weighted by Gasteiger charge is -2.20. The highest BCUT2D eigenvalue weighted by molar-refractivity contribution is 6.32. The molecule has 4 nitrogen and oxygen atoms in total. The zero-order valence-corrected chi connectivity index (χ0v) is 11.3. The van der Waals surface area contributed by atoms with Crippen LogP contribution in [-0.4, -0.2) is 30.1 Å². The largest absolute Gasteiger partial charge is 0.357 e. The molecule has 94 valence electrons. The van der Waals surface area contributed by atoms with Crippen molar-refractivity contribution >= 4 is 23.4 Å². The van der Waals surface area contributed by atoms with Crippen molar-refractivity contribution in [1.29, 1.82) is 0 Å². The first-order valence-electron chi connectivity index (χ1n) is 6.07. The van der Waals surface area contributed by atoms with E-state index in [2.05, 4.69) is 34.0 Å². The molecule has 1 aromatic heterocycles. The number of nitrogens with zero attached hydrogens (tertiary/aromatic N) is 3. The van der Waals surface area contributed by atoms with Crippen molar-refractivity contribution in [1.82, 2.24) is 9.97 Å². The van der Waals surface area contributed by atoms with Crippen molar-refractivity contribution in [3.8, 4) is 0 Å². The Morgan fingerprint density at radius 1 is 1.53 bits per heavy atom. The number of aromatic nitrogens is 2. The monoisotopic (exact) mass is 254 g/mol. The van der Waals surface area contributed by atoms with Crippen molar-refractivity contribution in [3.05, 3.63) is 11.2 Å². The average molecular weight is 255 g/mol. The Bertz CT molecular complexity index is 394. The normalized spacial score (nSPS) is 20.1. The molecule has 1 atom stereocenters. The van der Waals surface area contributed by atoms with Crippen molar-refractivity contribution < 1.29 is 0 Å². The van der Waals surface area contributed by atoms with Gasteiger partial charge in [0.25, 0.3) is 0 Å². The fraction of sp³-hybridized carbons (Fsp3) is 0.667. The molecule has 0 bridgehead atoms. The minimum atomic E-state index is 0.623. The fourth-order valence-electron chi connectivity index (χ4n) is 2.22. The summed E-state index contributed by atoms with van der Waals surface area (Å²) >= 11 is 6.17. The molecule has 5 heteroatoms. The molecule has 0 amide bonds. The average Bonchev–Trinajstić information content (AvgIpc) is 2.79. The van der Waals surface area contributed by atoms with E-state index in [4.69, 9.17) is 11.6 Å². The molecule has 0 spiro atoms. The maximum atomic E-state index is 6.17. The van der Waals surface area contributed by atoms with E-state index in [1.807, 2.05) is 7.05 Å². The first-order chi connectivity index (χ1) is 8.11. The van der Waals surface area contributed by atoms with Gasteiger partial charge in [-0.05, 0) is 18.3 Å². The lowest BCUT2D eigenvalue weighted by atomic mass is 9.95. The Labute approximate surface area is 107 Å². The van der Waals surface area contributed by atoms with E-state index in [1.165, 1.54) is 6.42 Å². The lowest BCUT2D eigenvalue weighted by Crippen LogP contribution is -2.23. The molecule has 0 radical (unpaired) electrons. The van der Waals surface area contributed by atoms with E-state index >= 15 is 0 Å². The minimum Gasteiger partial charge on any atom is -0.357 e. The molecule has 0 aromatic carbocycles. The molecule has 17 heavy (non-hydrogen) atoms. The van der Waals surface area contributed by atoms with Crippen LogP contribution in [0.4, 0.5) is 11.8 Å². The second kappa shape index (κ2) is 5.08. The third kappa shape index (κ3) is 2.63. The Hall–Kier alpha value is -1.03. The second-order valence-corrected chi connectivity index (χ2v) is 5.26. The second-order valence-electron chi connectivity index (χ2n) is 4.85. The maximum Gasteiger partial charge on any atom is 0.224 e. The Kier molecular flexibility index (Phi) is 3.72. The van der Waals surface area contributed by atoms with Crippen molar-refractivity contribution in [2.24, 2.45) is 11.8 Å². The van der Waals surface area contributed by atoms with Crippen LogP contribution >= 0.6 is 11.6 Å². The van der Waals surface area contributed by atoms with Gasteiger partial charge in [-0.15, -0.1) is 0 Å². The van der Waals surface area contributed by atoms with Crippen molar-refractivity contribution in [2.75, 3.05) is 30.4 Å². The summed E-state index contributed by atoms with van der Waals surface area (Å²) in [5.41, 5.74) is 0. The fourth-order valence-corrected chi connectivity index (χ4v) is 2.43. The van der Waals surface area contributed by atoms with Crippen molar-refractivity contribution in [2.45, 2.75) is 20.3 Å². The standard InChI is InChI=1S/C12H19ClN4/c1-8(2)9-4-5-17(7-9)11-10(13)6-15-12(14-3)16-11/h6,8-9H,4-5,7H2,1-3H3,(H,14,15,16). The number of halogens is 1. The van der Waals surface area contributed by atoms with E-state index in [-0.39, 0.29) is 0 Å². The molecule has 1 aromatic rings. The molecular weight excluding hydrogens is 236 g/mol. The quantitative estimate of drug-likeness (QED) is 0.901. The predicted octanol–water partition coefficient (Wildman–Crippen LogP) is 2.65. The van der Waals surface area contributed by atoms with E-state index in [0.717, 1.165) is 24.8 Å². The van der Waals surface area contributed by atoms with Gasteiger partial charge in [-0.25, -0.2) is 4.98 Å². The Balaban J connectivity index is 2.18. The predicted molar refractivity (Wildman–Crippen MR) is 71.7 cm³/mol. The van der Waals surface area contributed by atoms with Crippen LogP contribution in [0.1, 0.15) is 20.3 Å². The molecule has 2 heterocycles. The molecule has 1 N–H and O–H groups in total. The Morgan fingerprint density at radius 3 is 2.88 bits per heavy atom. The van der Waals surface area contributed by atoms with Crippen LogP contribution < -0.4 is 10.2 Å². The van der Waals surface area contributed by atoms with Crippen molar-refractivity contribution in [3.63, 3.8) is 0 Å². The molecule has 1 aliphatic heterocycles. The summed E-state index contributed by atoms with van der Waals surface area (Å²) in [5.74, 6) is 2.93. The molecule has 2 rings (SSSR count). The van der Waals surface area contributed by atoms with Crippen LogP contribution in [0.25, 0.3) is 0 Å². The topological polar surface area (TPSA) is 41.1 Å². The van der Waals surface area contributed by atoms with Gasteiger partial charge in [-0.3, -0.25) is 0 Å². The number of hydrogen-bond donors (Lipinski definition) is 1. The van der Waals surface area contributed by atoms with Crippen LogP contribution in [0.5, 0.6) is 0 Å². The number of anilines is 2. The number of rotatable bonds is 3. The summed E-state index contributed by atoms with van der Waals surface area (Å²) in [6.45, 7) is 6.61. The van der Waals surface area contributed by atoms with Gasteiger partial charge in [-0.2, -0.15) is 4.98 Å². The highest BCUT2D eigenvalue weighted by atomic mass is 35.5. The number of nitrogens with one attached hydrogen (secondary N) is 1. The van der Waals surface area contributed by atoms with Crippen LogP contribution in [-0.2, 0) is 0 Å². The van der Waals surface area contributed by atoms with Crippen LogP contribution in [0.2, 0.25) is 5.02 Å². The van der Waals surface area contributed by atoms with Gasteiger partial charge in [0.15, 0.2) is 5.82 Å². The molecular formula is C12H19ClN4. The molecule has 1 saturated heterocycles. The first kappa shape index (κ1) is 12.4. The summed E-state index contributed by atoms with van der Waals surface area (Å²) in [6, 6.07) is 0. The molecule has 0 saturated carbocycles. The third-order valence-corrected chi connectivity index (χ3v) is 3.68. The molecule has 1 unspecified atom stereocenters. The summed E-state index contributed by atoms with van der Waals surface area (Å²) in [6.07, 6.45) is 2.88. The summed E-state index contributed by atoms with van der Waals surface area (Å²) in [5, 5.41) is 3.58. The van der Waals surface area contributed by atoms with Gasteiger partial charge in [-0.1, -0.05) is 25.4 Å². The SMILES string of the molecule is CNc1ncc(Cl)c(N2CCC(C(C)C)C2)n1. The summed E-state index contributed by atoms with van der Waals surface area (Å²) < 4.78 is 0. The zero-order valence-electron chi connectivity index (χ0n) is 10.6. The summed E-state index contributed by atoms with van der Waals surface area (Å²) in [7, 11) is 1.81. The van der Waals surface area contributed by atoms with E-state index in [9.17, 15) is 0 Å². The zero-order chi connectivity index (χ0) is 12.4. The molecule has 0 aliphatic carbocycles. The van der Waals surface area contributed by atoms with Gasteiger partial charge < -0.3 is 10.2 Å². The highest BCUT2D eigenvalue weighted by Crippen LogP contribution is 2.31. The first-order valence-corrected chi connectivity index (χ1v) is 6.45. The van der Waals surface area contributed by atoms with Gasteiger partial charge >= 0.3 is 0 Å². The summed E-state index contributed by atoms with van der Waals surface area (Å²) in [4.78, 5) is 10.8. The van der Waals surface area contributed by atoms with Gasteiger partial charge in [0, 0.05) is 20.1 Å². The minimum absolute atomic E-state index is 0.623.